The molecule has 0 aromatic heterocycles. The third kappa shape index (κ3) is 4.36. The minimum absolute atomic E-state index is 0.314. The summed E-state index contributed by atoms with van der Waals surface area (Å²) in [5, 5.41) is 1.81. The van der Waals surface area contributed by atoms with Gasteiger partial charge in [-0.2, -0.15) is 0 Å². The van der Waals surface area contributed by atoms with Crippen LogP contribution in [0.25, 0.3) is 0 Å². The van der Waals surface area contributed by atoms with E-state index in [1.165, 1.54) is 5.01 Å². The van der Waals surface area contributed by atoms with Gasteiger partial charge < -0.3 is 0 Å². The topological polar surface area (TPSA) is 49.4 Å². The summed E-state index contributed by atoms with van der Waals surface area (Å²) in [5.41, 5.74) is 4.09. The third-order valence-corrected chi connectivity index (χ3v) is 3.71. The Bertz CT molecular complexity index is 749. The number of nitrogens with zero attached hydrogens (tertiary/aromatic N) is 1. The first-order valence-electron chi connectivity index (χ1n) is 7.66. The molecule has 0 radical (unpaired) electrons. The van der Waals surface area contributed by atoms with Crippen molar-refractivity contribution < 1.29 is 9.59 Å². The molecule has 0 unspecified atom stereocenters. The average molecular weight is 345 g/mol. The van der Waals surface area contributed by atoms with Gasteiger partial charge >= 0.3 is 0 Å². The summed E-state index contributed by atoms with van der Waals surface area (Å²) in [4.78, 5) is 25.3. The number of rotatable bonds is 2. The molecule has 2 aromatic carbocycles. The van der Waals surface area contributed by atoms with Crippen molar-refractivity contribution in [2.75, 3.05) is 0 Å². The van der Waals surface area contributed by atoms with Gasteiger partial charge in [-0.25, -0.2) is 5.01 Å². The number of amides is 2. The molecule has 0 saturated heterocycles. The number of carbonyl (C=O) groups is 2. The highest BCUT2D eigenvalue weighted by molar-refractivity contribution is 6.31. The quantitative estimate of drug-likeness (QED) is 0.828. The van der Waals surface area contributed by atoms with Crippen LogP contribution in [0.5, 0.6) is 0 Å². The fourth-order valence-electron chi connectivity index (χ4n) is 2.14. The summed E-state index contributed by atoms with van der Waals surface area (Å²) in [7, 11) is 0. The molecule has 0 atom stereocenters. The zero-order chi connectivity index (χ0) is 17.9. The Morgan fingerprint density at radius 1 is 1.00 bits per heavy atom. The van der Waals surface area contributed by atoms with E-state index in [0.717, 1.165) is 5.56 Å². The Hall–Kier alpha value is -2.33. The maximum atomic E-state index is 12.8. The first kappa shape index (κ1) is 18.0. The first-order valence-corrected chi connectivity index (χ1v) is 8.04. The lowest BCUT2D eigenvalue weighted by molar-refractivity contribution is 0.0358. The van der Waals surface area contributed by atoms with Gasteiger partial charge in [0.25, 0.3) is 11.8 Å². The summed E-state index contributed by atoms with van der Waals surface area (Å²) < 4.78 is 0. The van der Waals surface area contributed by atoms with Gasteiger partial charge in [-0.05, 0) is 58.0 Å². The number of benzene rings is 2. The van der Waals surface area contributed by atoms with Crippen LogP contribution in [-0.2, 0) is 0 Å². The van der Waals surface area contributed by atoms with Crippen LogP contribution in [0.3, 0.4) is 0 Å². The molecule has 2 aromatic rings. The average Bonchev–Trinajstić information content (AvgIpc) is 2.51. The van der Waals surface area contributed by atoms with Crippen molar-refractivity contribution in [3.63, 3.8) is 0 Å². The second kappa shape index (κ2) is 7.05. The van der Waals surface area contributed by atoms with Gasteiger partial charge in [-0.3, -0.25) is 15.0 Å². The Kier molecular flexibility index (Phi) is 5.30. The molecule has 24 heavy (non-hydrogen) atoms. The highest BCUT2D eigenvalue weighted by atomic mass is 35.5. The number of carbonyl (C=O) groups excluding carboxylic acids is 2. The van der Waals surface area contributed by atoms with Gasteiger partial charge in [0.05, 0.1) is 5.54 Å². The molecule has 2 amide bonds. The molecule has 0 aliphatic heterocycles. The molecule has 0 aliphatic rings. The standard InChI is InChI=1S/C19H21ClN2O2/c1-13-8-10-14(11-9-13)17(23)21-22(19(2,3)4)18(24)15-6-5-7-16(20)12-15/h5-12H,1-4H3,(H,21,23). The predicted molar refractivity (Wildman–Crippen MR) is 96.0 cm³/mol. The number of aryl methyl sites for hydroxylation is 1. The van der Waals surface area contributed by atoms with Gasteiger partial charge in [0.15, 0.2) is 0 Å². The summed E-state index contributed by atoms with van der Waals surface area (Å²) in [6, 6.07) is 13.8. The number of hydrogen-bond acceptors (Lipinski definition) is 2. The van der Waals surface area contributed by atoms with E-state index >= 15 is 0 Å². The van der Waals surface area contributed by atoms with Crippen LogP contribution in [0.4, 0.5) is 0 Å². The van der Waals surface area contributed by atoms with Crippen molar-refractivity contribution in [3.8, 4) is 0 Å². The van der Waals surface area contributed by atoms with Crippen LogP contribution in [0.2, 0.25) is 5.02 Å². The van der Waals surface area contributed by atoms with Crippen molar-refractivity contribution >= 4 is 23.4 Å². The number of hydrazine groups is 1. The largest absolute Gasteiger partial charge is 0.272 e. The molecule has 4 nitrogen and oxygen atoms in total. The van der Waals surface area contributed by atoms with Crippen LogP contribution < -0.4 is 5.43 Å². The van der Waals surface area contributed by atoms with Crippen molar-refractivity contribution in [2.45, 2.75) is 33.2 Å². The van der Waals surface area contributed by atoms with Crippen LogP contribution >= 0.6 is 11.6 Å². The molecule has 0 heterocycles. The Balaban J connectivity index is 2.27. The summed E-state index contributed by atoms with van der Waals surface area (Å²) >= 11 is 5.97. The van der Waals surface area contributed by atoms with E-state index < -0.39 is 5.54 Å². The van der Waals surface area contributed by atoms with Gasteiger partial charge in [-0.1, -0.05) is 35.4 Å². The molecule has 0 aliphatic carbocycles. The first-order chi connectivity index (χ1) is 11.2. The maximum Gasteiger partial charge on any atom is 0.272 e. The Morgan fingerprint density at radius 2 is 1.62 bits per heavy atom. The number of hydrogen-bond donors (Lipinski definition) is 1. The molecule has 0 spiro atoms. The highest BCUT2D eigenvalue weighted by Gasteiger charge is 2.29. The summed E-state index contributed by atoms with van der Waals surface area (Å²) in [5.74, 6) is -0.647. The second-order valence-electron chi connectivity index (χ2n) is 6.63. The SMILES string of the molecule is Cc1ccc(C(=O)NN(C(=O)c2cccc(Cl)c2)C(C)(C)C)cc1. The summed E-state index contributed by atoms with van der Waals surface area (Å²) in [6.07, 6.45) is 0. The van der Waals surface area contributed by atoms with Crippen molar-refractivity contribution in [1.82, 2.24) is 10.4 Å². The van der Waals surface area contributed by atoms with E-state index in [1.807, 2.05) is 39.8 Å². The van der Waals surface area contributed by atoms with Crippen molar-refractivity contribution in [2.24, 2.45) is 0 Å². The van der Waals surface area contributed by atoms with Crippen LogP contribution in [0.15, 0.2) is 48.5 Å². The molecule has 2 rings (SSSR count). The molecule has 0 bridgehead atoms. The fourth-order valence-corrected chi connectivity index (χ4v) is 2.34. The normalized spacial score (nSPS) is 11.0. The van der Waals surface area contributed by atoms with E-state index in [0.29, 0.717) is 16.1 Å². The Morgan fingerprint density at radius 3 is 2.17 bits per heavy atom. The second-order valence-corrected chi connectivity index (χ2v) is 7.07. The van der Waals surface area contributed by atoms with Gasteiger partial charge in [-0.15, -0.1) is 0 Å². The lowest BCUT2D eigenvalue weighted by atomic mass is 10.1. The maximum absolute atomic E-state index is 12.8. The molecular weight excluding hydrogens is 324 g/mol. The molecule has 1 N–H and O–H groups in total. The molecule has 126 valence electrons. The van der Waals surface area contributed by atoms with Crippen molar-refractivity contribution in [3.05, 3.63) is 70.2 Å². The zero-order valence-corrected chi connectivity index (χ0v) is 15.0. The van der Waals surface area contributed by atoms with E-state index in [4.69, 9.17) is 11.6 Å². The summed E-state index contributed by atoms with van der Waals surface area (Å²) in [6.45, 7) is 7.51. The van der Waals surface area contributed by atoms with Gasteiger partial charge in [0, 0.05) is 16.1 Å². The van der Waals surface area contributed by atoms with Crippen LogP contribution in [-0.4, -0.2) is 22.4 Å². The molecule has 5 heteroatoms. The third-order valence-electron chi connectivity index (χ3n) is 3.47. The lowest BCUT2D eigenvalue weighted by Gasteiger charge is -2.35. The van der Waals surface area contributed by atoms with E-state index in [-0.39, 0.29) is 11.8 Å². The molecule has 0 fully saturated rings. The van der Waals surface area contributed by atoms with Crippen molar-refractivity contribution in [1.29, 1.82) is 0 Å². The zero-order valence-electron chi connectivity index (χ0n) is 14.3. The fraction of sp³-hybridized carbons (Fsp3) is 0.263. The van der Waals surface area contributed by atoms with Crippen LogP contribution in [0.1, 0.15) is 47.1 Å². The monoisotopic (exact) mass is 344 g/mol. The minimum Gasteiger partial charge on any atom is -0.267 e. The van der Waals surface area contributed by atoms with Crippen LogP contribution in [0, 0.1) is 6.92 Å². The molecular formula is C19H21ClN2O2. The Labute approximate surface area is 147 Å². The number of nitrogens with one attached hydrogen (secondary N) is 1. The van der Waals surface area contributed by atoms with E-state index in [2.05, 4.69) is 5.43 Å². The van der Waals surface area contributed by atoms with E-state index in [9.17, 15) is 9.59 Å². The van der Waals surface area contributed by atoms with Gasteiger partial charge in [0.2, 0.25) is 0 Å². The predicted octanol–water partition coefficient (Wildman–Crippen LogP) is 4.23. The highest BCUT2D eigenvalue weighted by Crippen LogP contribution is 2.18. The number of halogens is 1. The minimum atomic E-state index is -0.597. The van der Waals surface area contributed by atoms with E-state index in [1.54, 1.807) is 36.4 Å². The smallest absolute Gasteiger partial charge is 0.267 e. The van der Waals surface area contributed by atoms with Gasteiger partial charge in [0.1, 0.15) is 0 Å². The lowest BCUT2D eigenvalue weighted by Crippen LogP contribution is -2.55. The molecule has 0 saturated carbocycles.